The second-order valence-corrected chi connectivity index (χ2v) is 6.98. The number of halogens is 2. The molecule has 18 heavy (non-hydrogen) atoms. The summed E-state index contributed by atoms with van der Waals surface area (Å²) in [4.78, 5) is 14.4. The maximum Gasteiger partial charge on any atom is 0.229 e. The first kappa shape index (κ1) is 14.4. The number of nitrogens with zero attached hydrogens (tertiary/aromatic N) is 1. The Morgan fingerprint density at radius 3 is 2.50 bits per heavy atom. The average molecular weight is 295 g/mol. The lowest BCUT2D eigenvalue weighted by Gasteiger charge is -2.29. The van der Waals surface area contributed by atoms with Crippen LogP contribution in [0.1, 0.15) is 20.3 Å². The van der Waals surface area contributed by atoms with E-state index in [-0.39, 0.29) is 11.9 Å². The smallest absolute Gasteiger partial charge is 0.229 e. The van der Waals surface area contributed by atoms with Crippen LogP contribution in [0, 0.1) is 5.41 Å². The van der Waals surface area contributed by atoms with Crippen molar-refractivity contribution in [3.05, 3.63) is 0 Å². The summed E-state index contributed by atoms with van der Waals surface area (Å²) in [6.07, 6.45) is 0.527. The van der Waals surface area contributed by atoms with Gasteiger partial charge >= 0.3 is 0 Å². The van der Waals surface area contributed by atoms with Crippen LogP contribution in [0.5, 0.6) is 0 Å². The van der Waals surface area contributed by atoms with E-state index in [0.29, 0.717) is 6.42 Å². The van der Waals surface area contributed by atoms with Gasteiger partial charge in [0.2, 0.25) is 5.91 Å². The zero-order chi connectivity index (χ0) is 13.4. The number of alkyl halides is 2. The Morgan fingerprint density at radius 2 is 2.00 bits per heavy atom. The molecule has 1 heterocycles. The van der Waals surface area contributed by atoms with Gasteiger partial charge in [-0.05, 0) is 20.3 Å². The fraction of sp³-hybridized carbons (Fsp3) is 0.917. The first-order chi connectivity index (χ1) is 8.35. The normalized spacial score (nSPS) is 32.9. The molecule has 2 fully saturated rings. The van der Waals surface area contributed by atoms with E-state index in [1.807, 2.05) is 13.8 Å². The topological polar surface area (TPSA) is 41.6 Å². The molecule has 2 aliphatic rings. The molecule has 0 spiro atoms. The van der Waals surface area contributed by atoms with Gasteiger partial charge in [0.15, 0.2) is 0 Å². The van der Waals surface area contributed by atoms with Crippen molar-refractivity contribution in [1.82, 2.24) is 10.2 Å². The van der Waals surface area contributed by atoms with E-state index in [2.05, 4.69) is 10.2 Å². The number of morpholine rings is 1. The van der Waals surface area contributed by atoms with E-state index in [0.717, 1.165) is 32.8 Å². The maximum atomic E-state index is 12.1. The molecular weight excluding hydrogens is 275 g/mol. The third-order valence-corrected chi connectivity index (χ3v) is 4.87. The molecule has 0 unspecified atom stereocenters. The molecule has 1 amide bonds. The van der Waals surface area contributed by atoms with Crippen LogP contribution in [0.4, 0.5) is 0 Å². The number of hydrogen-bond donors (Lipinski definition) is 1. The summed E-state index contributed by atoms with van der Waals surface area (Å²) in [5, 5.41) is 2.99. The monoisotopic (exact) mass is 294 g/mol. The highest BCUT2D eigenvalue weighted by Crippen LogP contribution is 2.63. The molecule has 0 aromatic carbocycles. The Hall–Kier alpha value is -0.0300. The third kappa shape index (κ3) is 2.93. The zero-order valence-electron chi connectivity index (χ0n) is 10.8. The Morgan fingerprint density at radius 1 is 1.44 bits per heavy atom. The number of rotatable bonds is 4. The van der Waals surface area contributed by atoms with Gasteiger partial charge in [0.25, 0.3) is 0 Å². The first-order valence-corrected chi connectivity index (χ1v) is 7.10. The van der Waals surface area contributed by atoms with Gasteiger partial charge in [-0.15, -0.1) is 23.2 Å². The van der Waals surface area contributed by atoms with Gasteiger partial charge in [0.05, 0.1) is 18.6 Å². The van der Waals surface area contributed by atoms with Crippen LogP contribution in [0.3, 0.4) is 0 Å². The molecule has 1 aliphatic carbocycles. The summed E-state index contributed by atoms with van der Waals surface area (Å²) < 4.78 is 4.40. The molecule has 104 valence electrons. The second kappa shape index (κ2) is 5.16. The van der Waals surface area contributed by atoms with E-state index >= 15 is 0 Å². The van der Waals surface area contributed by atoms with Crippen LogP contribution in [0.15, 0.2) is 0 Å². The molecule has 1 saturated heterocycles. The number of nitrogens with one attached hydrogen (secondary N) is 1. The number of carbonyl (C=O) groups excluding carboxylic acids is 1. The van der Waals surface area contributed by atoms with Crippen molar-refractivity contribution in [2.45, 2.75) is 30.6 Å². The van der Waals surface area contributed by atoms with E-state index in [1.165, 1.54) is 0 Å². The number of carbonyl (C=O) groups is 1. The van der Waals surface area contributed by atoms with Crippen molar-refractivity contribution in [3.8, 4) is 0 Å². The largest absolute Gasteiger partial charge is 0.379 e. The summed E-state index contributed by atoms with van der Waals surface area (Å²) in [5.74, 6) is -0.0479. The van der Waals surface area contributed by atoms with Crippen LogP contribution in [0.25, 0.3) is 0 Å². The fourth-order valence-electron chi connectivity index (χ4n) is 2.25. The van der Waals surface area contributed by atoms with Crippen LogP contribution in [-0.4, -0.2) is 54.0 Å². The Balaban J connectivity index is 1.77. The minimum absolute atomic E-state index is 0.0479. The Labute approximate surface area is 118 Å². The van der Waals surface area contributed by atoms with Gasteiger partial charge in [-0.2, -0.15) is 0 Å². The second-order valence-electron chi connectivity index (χ2n) is 5.50. The highest BCUT2D eigenvalue weighted by molar-refractivity contribution is 6.53. The van der Waals surface area contributed by atoms with Crippen molar-refractivity contribution in [1.29, 1.82) is 0 Å². The molecule has 0 aromatic rings. The predicted octanol–water partition coefficient (Wildman–Crippen LogP) is 1.41. The molecule has 0 radical (unpaired) electrons. The van der Waals surface area contributed by atoms with Gasteiger partial charge in [0.1, 0.15) is 4.33 Å². The molecule has 6 heteroatoms. The van der Waals surface area contributed by atoms with Crippen molar-refractivity contribution in [3.63, 3.8) is 0 Å². The minimum Gasteiger partial charge on any atom is -0.379 e. The predicted molar refractivity (Wildman–Crippen MR) is 72.0 cm³/mol. The lowest BCUT2D eigenvalue weighted by Crippen LogP contribution is -2.47. The van der Waals surface area contributed by atoms with Gasteiger partial charge in [0, 0.05) is 25.7 Å². The van der Waals surface area contributed by atoms with E-state index in [1.54, 1.807) is 0 Å². The summed E-state index contributed by atoms with van der Waals surface area (Å²) >= 11 is 12.0. The van der Waals surface area contributed by atoms with Gasteiger partial charge in [-0.1, -0.05) is 0 Å². The number of amides is 1. The van der Waals surface area contributed by atoms with Gasteiger partial charge < -0.3 is 10.1 Å². The highest BCUT2D eigenvalue weighted by Gasteiger charge is 2.67. The van der Waals surface area contributed by atoms with Gasteiger partial charge in [-0.3, -0.25) is 9.69 Å². The quantitative estimate of drug-likeness (QED) is 0.797. The van der Waals surface area contributed by atoms with E-state index in [9.17, 15) is 4.79 Å². The molecule has 1 aliphatic heterocycles. The molecular formula is C12H20Cl2N2O2. The lowest BCUT2D eigenvalue weighted by molar-refractivity contribution is -0.126. The third-order valence-electron chi connectivity index (χ3n) is 3.77. The molecule has 4 nitrogen and oxygen atoms in total. The SMILES string of the molecule is C[C@H](CN1CCOCC1)NC(=O)[C@]1(C)CC1(Cl)Cl. The fourth-order valence-corrected chi connectivity index (χ4v) is 2.95. The molecule has 2 atom stereocenters. The Bertz CT molecular complexity index is 332. The summed E-state index contributed by atoms with van der Waals surface area (Å²) in [7, 11) is 0. The molecule has 0 aromatic heterocycles. The molecule has 1 saturated carbocycles. The molecule has 2 rings (SSSR count). The first-order valence-electron chi connectivity index (χ1n) is 6.34. The number of ether oxygens (including phenoxy) is 1. The van der Waals surface area contributed by atoms with Crippen LogP contribution >= 0.6 is 23.2 Å². The van der Waals surface area contributed by atoms with Crippen LogP contribution in [-0.2, 0) is 9.53 Å². The highest BCUT2D eigenvalue weighted by atomic mass is 35.5. The standard InChI is InChI=1S/C12H20Cl2N2O2/c1-9(7-16-3-5-18-6-4-16)15-10(17)11(2)8-12(11,13)14/h9H,3-8H2,1-2H3,(H,15,17)/t9-,11+/m1/s1. The van der Waals surface area contributed by atoms with Crippen molar-refractivity contribution >= 4 is 29.1 Å². The maximum absolute atomic E-state index is 12.1. The molecule has 1 N–H and O–H groups in total. The lowest BCUT2D eigenvalue weighted by atomic mass is 10.1. The zero-order valence-corrected chi connectivity index (χ0v) is 12.4. The van der Waals surface area contributed by atoms with Crippen molar-refractivity contribution < 1.29 is 9.53 Å². The Kier molecular flexibility index (Phi) is 4.12. The average Bonchev–Trinajstić information content (AvgIpc) is 2.80. The minimum atomic E-state index is -0.893. The van der Waals surface area contributed by atoms with E-state index < -0.39 is 9.75 Å². The van der Waals surface area contributed by atoms with Gasteiger partial charge in [-0.25, -0.2) is 0 Å². The van der Waals surface area contributed by atoms with Crippen molar-refractivity contribution in [2.24, 2.45) is 5.41 Å². The summed E-state index contributed by atoms with van der Waals surface area (Å²) in [6, 6.07) is 0.0946. The summed E-state index contributed by atoms with van der Waals surface area (Å²) in [5.41, 5.74) is -0.630. The number of hydrogen-bond acceptors (Lipinski definition) is 3. The van der Waals surface area contributed by atoms with Crippen LogP contribution in [0.2, 0.25) is 0 Å². The summed E-state index contributed by atoms with van der Waals surface area (Å²) in [6.45, 7) is 8.03. The van der Waals surface area contributed by atoms with Crippen molar-refractivity contribution in [2.75, 3.05) is 32.8 Å². The molecule has 0 bridgehead atoms. The van der Waals surface area contributed by atoms with Crippen LogP contribution < -0.4 is 5.32 Å². The van der Waals surface area contributed by atoms with E-state index in [4.69, 9.17) is 27.9 Å².